The molecule has 1 aliphatic heterocycles. The Kier molecular flexibility index (Phi) is 7.47. The Labute approximate surface area is 213 Å². The number of ether oxygens (including phenoxy) is 1. The summed E-state index contributed by atoms with van der Waals surface area (Å²) in [6.45, 7) is 2.56. The van der Waals surface area contributed by atoms with Gasteiger partial charge in [0.2, 0.25) is 17.7 Å². The van der Waals surface area contributed by atoms with Gasteiger partial charge in [0.1, 0.15) is 11.8 Å². The Morgan fingerprint density at radius 1 is 1.00 bits per heavy atom. The number of benzene rings is 3. The molecule has 1 aliphatic rings. The van der Waals surface area contributed by atoms with Crippen LogP contribution in [0.5, 0.6) is 5.75 Å². The van der Waals surface area contributed by atoms with Gasteiger partial charge in [0.15, 0.2) is 6.61 Å². The SMILES string of the molecule is CCC(=O)N(NC(=O)COc1cccc2ccccc12)C1CC(=O)N(c2ccc(NC(C)=O)cc2)C1=O. The van der Waals surface area contributed by atoms with Gasteiger partial charge in [0.25, 0.3) is 11.8 Å². The number of amides is 5. The van der Waals surface area contributed by atoms with Crippen LogP contribution < -0.4 is 20.4 Å². The molecule has 0 saturated carbocycles. The first kappa shape index (κ1) is 25.4. The number of nitrogens with zero attached hydrogens (tertiary/aromatic N) is 2. The van der Waals surface area contributed by atoms with Gasteiger partial charge in [0.05, 0.1) is 12.1 Å². The van der Waals surface area contributed by atoms with Gasteiger partial charge in [-0.2, -0.15) is 0 Å². The second-order valence-corrected chi connectivity index (χ2v) is 8.43. The quantitative estimate of drug-likeness (QED) is 0.378. The van der Waals surface area contributed by atoms with E-state index in [4.69, 9.17) is 4.74 Å². The lowest BCUT2D eigenvalue weighted by Crippen LogP contribution is -2.55. The van der Waals surface area contributed by atoms with Crippen molar-refractivity contribution >= 4 is 51.7 Å². The van der Waals surface area contributed by atoms with Crippen molar-refractivity contribution in [1.29, 1.82) is 0 Å². The number of imide groups is 1. The molecule has 5 amide bonds. The highest BCUT2D eigenvalue weighted by molar-refractivity contribution is 6.23. The standard InChI is InChI=1S/C27H26N4O6/c1-3-25(34)31(29-24(33)16-37-23-10-6-8-18-7-4-5-9-21(18)23)22-15-26(35)30(27(22)36)20-13-11-19(12-14-20)28-17(2)32/h4-14,22H,3,15-16H2,1-2H3,(H,28,32)(H,29,33). The Morgan fingerprint density at radius 2 is 1.70 bits per heavy atom. The largest absolute Gasteiger partial charge is 0.483 e. The van der Waals surface area contributed by atoms with Gasteiger partial charge in [-0.15, -0.1) is 0 Å². The minimum atomic E-state index is -1.20. The maximum atomic E-state index is 13.2. The average Bonchev–Trinajstić information content (AvgIpc) is 3.19. The van der Waals surface area contributed by atoms with Crippen LogP contribution in [0.1, 0.15) is 26.7 Å². The molecule has 1 heterocycles. The normalized spacial score (nSPS) is 15.0. The third kappa shape index (κ3) is 5.58. The molecule has 1 fully saturated rings. The highest BCUT2D eigenvalue weighted by atomic mass is 16.5. The zero-order chi connectivity index (χ0) is 26.5. The fourth-order valence-electron chi connectivity index (χ4n) is 4.10. The van der Waals surface area contributed by atoms with Crippen LogP contribution in [-0.2, 0) is 24.0 Å². The minimum Gasteiger partial charge on any atom is -0.483 e. The van der Waals surface area contributed by atoms with E-state index in [1.807, 2.05) is 36.4 Å². The van der Waals surface area contributed by atoms with Crippen molar-refractivity contribution in [1.82, 2.24) is 10.4 Å². The maximum Gasteiger partial charge on any atom is 0.276 e. The summed E-state index contributed by atoms with van der Waals surface area (Å²) in [6.07, 6.45) is -0.281. The van der Waals surface area contributed by atoms with Gasteiger partial charge in [-0.05, 0) is 35.7 Å². The second kappa shape index (κ2) is 10.9. The Morgan fingerprint density at radius 3 is 2.41 bits per heavy atom. The van der Waals surface area contributed by atoms with Crippen molar-refractivity contribution in [2.75, 3.05) is 16.8 Å². The summed E-state index contributed by atoms with van der Waals surface area (Å²) in [4.78, 5) is 63.6. The molecule has 3 aromatic carbocycles. The molecule has 37 heavy (non-hydrogen) atoms. The maximum absolute atomic E-state index is 13.2. The smallest absolute Gasteiger partial charge is 0.276 e. The lowest BCUT2D eigenvalue weighted by atomic mass is 10.1. The van der Waals surface area contributed by atoms with E-state index in [0.717, 1.165) is 20.7 Å². The molecular formula is C27H26N4O6. The van der Waals surface area contributed by atoms with E-state index in [2.05, 4.69) is 10.7 Å². The Balaban J connectivity index is 1.47. The van der Waals surface area contributed by atoms with Crippen LogP contribution in [0.25, 0.3) is 10.8 Å². The number of hydrazine groups is 1. The van der Waals surface area contributed by atoms with Crippen LogP contribution >= 0.6 is 0 Å². The summed E-state index contributed by atoms with van der Waals surface area (Å²) in [7, 11) is 0. The number of hydrogen-bond donors (Lipinski definition) is 2. The van der Waals surface area contributed by atoms with E-state index >= 15 is 0 Å². The number of fused-ring (bicyclic) bond motifs is 1. The van der Waals surface area contributed by atoms with Crippen LogP contribution in [0.2, 0.25) is 0 Å². The summed E-state index contributed by atoms with van der Waals surface area (Å²) >= 11 is 0. The van der Waals surface area contributed by atoms with Crippen molar-refractivity contribution in [3.8, 4) is 5.75 Å². The minimum absolute atomic E-state index is 0.00778. The van der Waals surface area contributed by atoms with Gasteiger partial charge in [-0.1, -0.05) is 43.3 Å². The zero-order valence-electron chi connectivity index (χ0n) is 20.4. The first-order valence-electron chi connectivity index (χ1n) is 11.7. The molecule has 190 valence electrons. The van der Waals surface area contributed by atoms with Crippen molar-refractivity contribution in [2.24, 2.45) is 0 Å². The van der Waals surface area contributed by atoms with Crippen molar-refractivity contribution in [2.45, 2.75) is 32.7 Å². The fraction of sp³-hybridized carbons (Fsp3) is 0.222. The Bertz CT molecular complexity index is 1370. The molecule has 3 aromatic rings. The molecule has 0 aliphatic carbocycles. The number of rotatable bonds is 7. The number of hydrogen-bond acceptors (Lipinski definition) is 6. The summed E-state index contributed by atoms with van der Waals surface area (Å²) < 4.78 is 5.69. The van der Waals surface area contributed by atoms with Crippen LogP contribution in [0.15, 0.2) is 66.7 Å². The number of carbonyl (C=O) groups excluding carboxylic acids is 5. The summed E-state index contributed by atoms with van der Waals surface area (Å²) in [5.74, 6) is -2.08. The molecule has 0 radical (unpaired) electrons. The number of carbonyl (C=O) groups is 5. The second-order valence-electron chi connectivity index (χ2n) is 8.43. The van der Waals surface area contributed by atoms with E-state index < -0.39 is 36.3 Å². The van der Waals surface area contributed by atoms with E-state index in [1.165, 1.54) is 19.1 Å². The first-order valence-corrected chi connectivity index (χ1v) is 11.7. The van der Waals surface area contributed by atoms with E-state index in [-0.39, 0.29) is 18.7 Å². The van der Waals surface area contributed by atoms with Gasteiger partial charge in [0, 0.05) is 24.4 Å². The molecule has 10 nitrogen and oxygen atoms in total. The van der Waals surface area contributed by atoms with Crippen LogP contribution in [0.3, 0.4) is 0 Å². The van der Waals surface area contributed by atoms with Gasteiger partial charge >= 0.3 is 0 Å². The third-order valence-electron chi connectivity index (χ3n) is 5.81. The molecule has 1 saturated heterocycles. The molecule has 0 spiro atoms. The lowest BCUT2D eigenvalue weighted by molar-refractivity contribution is -0.148. The fourth-order valence-corrected chi connectivity index (χ4v) is 4.10. The predicted molar refractivity (Wildman–Crippen MR) is 136 cm³/mol. The monoisotopic (exact) mass is 502 g/mol. The topological polar surface area (TPSA) is 125 Å². The Hall–Kier alpha value is -4.73. The molecule has 0 aromatic heterocycles. The predicted octanol–water partition coefficient (Wildman–Crippen LogP) is 2.78. The third-order valence-corrected chi connectivity index (χ3v) is 5.81. The van der Waals surface area contributed by atoms with Crippen molar-refractivity contribution < 1.29 is 28.7 Å². The average molecular weight is 503 g/mol. The van der Waals surface area contributed by atoms with Crippen molar-refractivity contribution in [3.05, 3.63) is 66.7 Å². The highest BCUT2D eigenvalue weighted by Crippen LogP contribution is 2.27. The van der Waals surface area contributed by atoms with E-state index in [9.17, 15) is 24.0 Å². The van der Waals surface area contributed by atoms with Crippen LogP contribution in [-0.4, -0.2) is 47.2 Å². The molecule has 0 bridgehead atoms. The van der Waals surface area contributed by atoms with E-state index in [1.54, 1.807) is 25.1 Å². The molecule has 1 unspecified atom stereocenters. The number of nitrogens with one attached hydrogen (secondary N) is 2. The zero-order valence-corrected chi connectivity index (χ0v) is 20.4. The number of anilines is 2. The van der Waals surface area contributed by atoms with Gasteiger partial charge in [-0.25, -0.2) is 9.91 Å². The van der Waals surface area contributed by atoms with Gasteiger partial charge in [-0.3, -0.25) is 29.4 Å². The summed E-state index contributed by atoms with van der Waals surface area (Å²) in [6, 6.07) is 18.0. The molecule has 10 heteroatoms. The van der Waals surface area contributed by atoms with E-state index in [0.29, 0.717) is 17.1 Å². The molecular weight excluding hydrogens is 476 g/mol. The lowest BCUT2D eigenvalue weighted by Gasteiger charge is -2.27. The molecule has 2 N–H and O–H groups in total. The summed E-state index contributed by atoms with van der Waals surface area (Å²) in [5.41, 5.74) is 3.25. The molecule has 4 rings (SSSR count). The summed E-state index contributed by atoms with van der Waals surface area (Å²) in [5, 5.41) is 5.30. The van der Waals surface area contributed by atoms with Gasteiger partial charge < -0.3 is 10.1 Å². The highest BCUT2D eigenvalue weighted by Gasteiger charge is 2.45. The molecule has 1 atom stereocenters. The van der Waals surface area contributed by atoms with Crippen molar-refractivity contribution in [3.63, 3.8) is 0 Å². The van der Waals surface area contributed by atoms with Crippen LogP contribution in [0, 0.1) is 0 Å². The van der Waals surface area contributed by atoms with Crippen LogP contribution in [0.4, 0.5) is 11.4 Å². The first-order chi connectivity index (χ1) is 17.8.